The van der Waals surface area contributed by atoms with E-state index in [-0.39, 0.29) is 12.1 Å². The molecule has 0 saturated carbocycles. The summed E-state index contributed by atoms with van der Waals surface area (Å²) in [6.45, 7) is 6.96. The molecule has 3 rings (SSSR count). The van der Waals surface area contributed by atoms with Crippen LogP contribution in [0.15, 0.2) is 45.6 Å². The molecule has 2 aromatic heterocycles. The molecule has 0 aliphatic rings. The lowest BCUT2D eigenvalue weighted by atomic mass is 10.1. The maximum atomic E-state index is 12.6. The van der Waals surface area contributed by atoms with E-state index in [1.807, 2.05) is 45.0 Å². The number of furan rings is 2. The van der Waals surface area contributed by atoms with E-state index < -0.39 is 0 Å². The molecule has 26 heavy (non-hydrogen) atoms. The molecule has 138 valence electrons. The highest BCUT2D eigenvalue weighted by atomic mass is 16.5. The molecule has 0 radical (unpaired) electrons. The van der Waals surface area contributed by atoms with Gasteiger partial charge in [-0.3, -0.25) is 0 Å². The maximum absolute atomic E-state index is 12.6. The van der Waals surface area contributed by atoms with Crippen LogP contribution in [0.1, 0.15) is 36.8 Å². The molecule has 0 spiro atoms. The van der Waals surface area contributed by atoms with Crippen molar-refractivity contribution in [3.63, 3.8) is 0 Å². The van der Waals surface area contributed by atoms with Crippen LogP contribution in [0, 0.1) is 6.92 Å². The number of aryl methyl sites for hydroxylation is 1. The van der Waals surface area contributed by atoms with Gasteiger partial charge in [0.25, 0.3) is 0 Å². The van der Waals surface area contributed by atoms with Crippen molar-refractivity contribution in [2.75, 3.05) is 13.7 Å². The molecule has 0 aliphatic carbocycles. The van der Waals surface area contributed by atoms with Crippen molar-refractivity contribution in [1.82, 2.24) is 10.2 Å². The number of ether oxygens (including phenoxy) is 1. The third-order valence-electron chi connectivity index (χ3n) is 4.54. The largest absolute Gasteiger partial charge is 0.497 e. The first-order chi connectivity index (χ1) is 12.5. The highest BCUT2D eigenvalue weighted by Gasteiger charge is 2.21. The van der Waals surface area contributed by atoms with E-state index >= 15 is 0 Å². The van der Waals surface area contributed by atoms with Crippen molar-refractivity contribution in [3.8, 4) is 5.75 Å². The summed E-state index contributed by atoms with van der Waals surface area (Å²) in [5, 5.41) is 4.01. The first-order valence-electron chi connectivity index (χ1n) is 8.67. The van der Waals surface area contributed by atoms with Gasteiger partial charge >= 0.3 is 6.03 Å². The molecular formula is C20H24N2O4. The molecule has 3 aromatic rings. The Kier molecular flexibility index (Phi) is 5.21. The van der Waals surface area contributed by atoms with Gasteiger partial charge in [0, 0.05) is 23.1 Å². The number of hydrogen-bond donors (Lipinski definition) is 1. The zero-order valence-electron chi connectivity index (χ0n) is 15.5. The molecule has 1 atom stereocenters. The number of methoxy groups -OCH3 is 1. The number of nitrogens with zero attached hydrogens (tertiary/aromatic N) is 1. The molecule has 0 fully saturated rings. The molecule has 1 aromatic carbocycles. The molecule has 2 heterocycles. The smallest absolute Gasteiger partial charge is 0.318 e. The molecule has 6 nitrogen and oxygen atoms in total. The Morgan fingerprint density at radius 3 is 2.81 bits per heavy atom. The number of urea groups is 1. The van der Waals surface area contributed by atoms with Gasteiger partial charge in [0.1, 0.15) is 17.1 Å². The Hall–Kier alpha value is -2.89. The average molecular weight is 356 g/mol. The molecule has 2 amide bonds. The van der Waals surface area contributed by atoms with Crippen molar-refractivity contribution >= 4 is 17.0 Å². The maximum Gasteiger partial charge on any atom is 0.318 e. The monoisotopic (exact) mass is 356 g/mol. The predicted molar refractivity (Wildman–Crippen MR) is 99.2 cm³/mol. The van der Waals surface area contributed by atoms with E-state index in [2.05, 4.69) is 5.32 Å². The highest BCUT2D eigenvalue weighted by molar-refractivity contribution is 5.84. The zero-order chi connectivity index (χ0) is 18.7. The predicted octanol–water partition coefficient (Wildman–Crippen LogP) is 4.64. The van der Waals surface area contributed by atoms with Crippen LogP contribution >= 0.6 is 0 Å². The Balaban J connectivity index is 1.76. The van der Waals surface area contributed by atoms with Gasteiger partial charge in [-0.25, -0.2) is 4.79 Å². The van der Waals surface area contributed by atoms with Crippen LogP contribution in [-0.2, 0) is 6.54 Å². The number of hydrogen-bond acceptors (Lipinski definition) is 4. The number of amides is 2. The fraction of sp³-hybridized carbons (Fsp3) is 0.350. The topological polar surface area (TPSA) is 67.9 Å². The quantitative estimate of drug-likeness (QED) is 0.699. The number of nitrogens with one attached hydrogen (secondary N) is 1. The number of carbonyl (C=O) groups is 1. The molecule has 0 aliphatic heterocycles. The van der Waals surface area contributed by atoms with Gasteiger partial charge in [-0.05, 0) is 45.0 Å². The highest BCUT2D eigenvalue weighted by Crippen LogP contribution is 2.32. The third kappa shape index (κ3) is 3.54. The van der Waals surface area contributed by atoms with Crippen LogP contribution in [0.3, 0.4) is 0 Å². The Labute approximate surface area is 152 Å². The minimum Gasteiger partial charge on any atom is -0.497 e. The lowest BCUT2D eigenvalue weighted by molar-refractivity contribution is 0.193. The van der Waals surface area contributed by atoms with E-state index in [1.54, 1.807) is 24.5 Å². The summed E-state index contributed by atoms with van der Waals surface area (Å²) in [6.07, 6.45) is 3.26. The van der Waals surface area contributed by atoms with Gasteiger partial charge in [-0.2, -0.15) is 0 Å². The second-order valence-electron chi connectivity index (χ2n) is 6.27. The van der Waals surface area contributed by atoms with Crippen LogP contribution in [0.5, 0.6) is 5.75 Å². The van der Waals surface area contributed by atoms with Gasteiger partial charge in [0.2, 0.25) is 0 Å². The Bertz CT molecular complexity index is 883. The minimum atomic E-state index is -0.251. The standard InChI is InChI=1S/C20H24N2O4/c1-5-22(11-15-8-9-25-12-15)20(23)21-14(3)19-13(2)17-10-16(24-4)6-7-18(17)26-19/h6-10,12,14H,5,11H2,1-4H3,(H,21,23). The first kappa shape index (κ1) is 17.9. The second kappa shape index (κ2) is 7.56. The lowest BCUT2D eigenvalue weighted by Gasteiger charge is -2.23. The van der Waals surface area contributed by atoms with Gasteiger partial charge in [-0.15, -0.1) is 0 Å². The van der Waals surface area contributed by atoms with Crippen LogP contribution in [0.2, 0.25) is 0 Å². The summed E-state index contributed by atoms with van der Waals surface area (Å²) in [7, 11) is 1.64. The van der Waals surface area contributed by atoms with Crippen LogP contribution in [0.25, 0.3) is 11.0 Å². The number of benzene rings is 1. The van der Waals surface area contributed by atoms with Crippen LogP contribution in [-0.4, -0.2) is 24.6 Å². The van der Waals surface area contributed by atoms with E-state index in [9.17, 15) is 4.79 Å². The van der Waals surface area contributed by atoms with E-state index in [0.29, 0.717) is 13.1 Å². The fourth-order valence-corrected chi connectivity index (χ4v) is 3.03. The summed E-state index contributed by atoms with van der Waals surface area (Å²) in [6, 6.07) is 7.16. The molecule has 1 N–H and O–H groups in total. The number of carbonyl (C=O) groups excluding carboxylic acids is 1. The van der Waals surface area contributed by atoms with Crippen molar-refractivity contribution in [3.05, 3.63) is 53.7 Å². The summed E-state index contributed by atoms with van der Waals surface area (Å²) < 4.78 is 16.3. The van der Waals surface area contributed by atoms with Crippen molar-refractivity contribution in [2.24, 2.45) is 0 Å². The number of fused-ring (bicyclic) bond motifs is 1. The second-order valence-corrected chi connectivity index (χ2v) is 6.27. The first-order valence-corrected chi connectivity index (χ1v) is 8.67. The van der Waals surface area contributed by atoms with Gasteiger partial charge in [0.05, 0.1) is 32.2 Å². The molecule has 1 unspecified atom stereocenters. The lowest BCUT2D eigenvalue weighted by Crippen LogP contribution is -2.40. The minimum absolute atomic E-state index is 0.140. The normalized spacial score (nSPS) is 12.2. The Morgan fingerprint density at radius 1 is 1.35 bits per heavy atom. The molecule has 0 bridgehead atoms. The number of rotatable bonds is 6. The average Bonchev–Trinajstić information content (AvgIpc) is 3.27. The third-order valence-corrected chi connectivity index (χ3v) is 4.54. The van der Waals surface area contributed by atoms with Crippen molar-refractivity contribution in [1.29, 1.82) is 0 Å². The van der Waals surface area contributed by atoms with E-state index in [0.717, 1.165) is 33.6 Å². The summed E-state index contributed by atoms with van der Waals surface area (Å²) in [5.74, 6) is 1.53. The summed E-state index contributed by atoms with van der Waals surface area (Å²) >= 11 is 0. The van der Waals surface area contributed by atoms with E-state index in [1.165, 1.54) is 0 Å². The Morgan fingerprint density at radius 2 is 2.15 bits per heavy atom. The summed E-state index contributed by atoms with van der Waals surface area (Å²) in [5.41, 5.74) is 2.75. The SMILES string of the molecule is CCN(Cc1ccoc1)C(=O)NC(C)c1oc2ccc(OC)cc2c1C. The van der Waals surface area contributed by atoms with Gasteiger partial charge < -0.3 is 23.8 Å². The summed E-state index contributed by atoms with van der Waals surface area (Å²) in [4.78, 5) is 14.4. The zero-order valence-corrected chi connectivity index (χ0v) is 15.5. The molecule has 0 saturated heterocycles. The van der Waals surface area contributed by atoms with Crippen molar-refractivity contribution in [2.45, 2.75) is 33.4 Å². The molecule has 6 heteroatoms. The van der Waals surface area contributed by atoms with Crippen LogP contribution in [0.4, 0.5) is 4.79 Å². The molecular weight excluding hydrogens is 332 g/mol. The van der Waals surface area contributed by atoms with Gasteiger partial charge in [0.15, 0.2) is 0 Å². The van der Waals surface area contributed by atoms with Gasteiger partial charge in [-0.1, -0.05) is 0 Å². The van der Waals surface area contributed by atoms with E-state index in [4.69, 9.17) is 13.6 Å². The van der Waals surface area contributed by atoms with Crippen molar-refractivity contribution < 1.29 is 18.4 Å². The van der Waals surface area contributed by atoms with Crippen LogP contribution < -0.4 is 10.1 Å². The fourth-order valence-electron chi connectivity index (χ4n) is 3.03.